The van der Waals surface area contributed by atoms with Gasteiger partial charge in [0.05, 0.1) is 11.1 Å². The number of furan rings is 2. The number of rotatable bonds is 38. The molecule has 4 heterocycles. The topological polar surface area (TPSA) is 66.9 Å². The lowest BCUT2D eigenvalue weighted by atomic mass is 9.93. The Morgan fingerprint density at radius 3 is 0.903 bits per heavy atom. The third kappa shape index (κ3) is 17.4. The second-order valence-electron chi connectivity index (χ2n) is 18.9. The highest BCUT2D eigenvalue weighted by Crippen LogP contribution is 2.48. The molecule has 0 saturated heterocycles. The summed E-state index contributed by atoms with van der Waals surface area (Å²) in [6.07, 6.45) is 40.0. The van der Waals surface area contributed by atoms with E-state index in [2.05, 4.69) is 59.6 Å². The van der Waals surface area contributed by atoms with Crippen LogP contribution in [0.2, 0.25) is 0 Å². The van der Waals surface area contributed by atoms with Gasteiger partial charge in [-0.25, -0.2) is 0 Å². The van der Waals surface area contributed by atoms with Gasteiger partial charge >= 0.3 is 0 Å². The average molecular weight is 987 g/mol. The summed E-state index contributed by atoms with van der Waals surface area (Å²) in [4.78, 5) is 34.3. The van der Waals surface area contributed by atoms with Gasteiger partial charge in [-0.2, -0.15) is 0 Å². The Kier molecular flexibility index (Phi) is 26.3. The Labute approximate surface area is 395 Å². The number of nitrogens with zero attached hydrogens (tertiary/aromatic N) is 2. The van der Waals surface area contributed by atoms with Gasteiger partial charge in [-0.1, -0.05) is 207 Å². The molecule has 4 rings (SSSR count). The smallest absolute Gasteiger partial charge is 0.261 e. The SMILES string of the molecule is CCCCCCCCCCC(CCCCCCCC)CN1C(=O)C2=C(c3ccc(Br)o3)N(CC(CCCCCCCC)CCCCCCCCCC)C(=O)C2=C1c1ccc(Br)o1. The van der Waals surface area contributed by atoms with Crippen molar-refractivity contribution in [1.29, 1.82) is 0 Å². The van der Waals surface area contributed by atoms with Gasteiger partial charge in [0.2, 0.25) is 0 Å². The Balaban J connectivity index is 1.62. The van der Waals surface area contributed by atoms with E-state index in [1.165, 1.54) is 180 Å². The molecule has 0 saturated carbocycles. The van der Waals surface area contributed by atoms with E-state index in [0.29, 0.717) is 68.3 Å². The lowest BCUT2D eigenvalue weighted by Crippen LogP contribution is -2.34. The Morgan fingerprint density at radius 1 is 0.403 bits per heavy atom. The Hall–Kier alpha value is -2.06. The molecule has 6 nitrogen and oxygen atoms in total. The summed E-state index contributed by atoms with van der Waals surface area (Å²) in [5.41, 5.74) is 2.22. The van der Waals surface area contributed by atoms with Gasteiger partial charge in [-0.15, -0.1) is 0 Å². The molecule has 2 atom stereocenters. The number of carbonyl (C=O) groups excluding carboxylic acids is 2. The first-order valence-electron chi connectivity index (χ1n) is 26.0. The molecule has 2 aliphatic rings. The van der Waals surface area contributed by atoms with Crippen LogP contribution >= 0.6 is 31.9 Å². The summed E-state index contributed by atoms with van der Waals surface area (Å²) in [7, 11) is 0. The molecular formula is C54H86Br2N2O4. The fourth-order valence-corrected chi connectivity index (χ4v) is 10.5. The molecule has 2 amide bonds. The summed E-state index contributed by atoms with van der Waals surface area (Å²) in [6.45, 7) is 10.3. The molecule has 0 bridgehead atoms. The van der Waals surface area contributed by atoms with Gasteiger partial charge < -0.3 is 18.6 Å². The summed E-state index contributed by atoms with van der Waals surface area (Å²) in [5, 5.41) is 0. The van der Waals surface area contributed by atoms with Crippen molar-refractivity contribution in [2.45, 2.75) is 233 Å². The van der Waals surface area contributed by atoms with E-state index in [4.69, 9.17) is 8.83 Å². The lowest BCUT2D eigenvalue weighted by molar-refractivity contribution is -0.124. The summed E-state index contributed by atoms with van der Waals surface area (Å²) in [6, 6.07) is 7.59. The molecule has 350 valence electrons. The zero-order valence-corrected chi connectivity index (χ0v) is 43.0. The van der Waals surface area contributed by atoms with E-state index in [0.717, 1.165) is 25.7 Å². The van der Waals surface area contributed by atoms with Crippen LogP contribution in [0.15, 0.2) is 53.6 Å². The molecule has 8 heteroatoms. The van der Waals surface area contributed by atoms with Crippen molar-refractivity contribution < 1.29 is 18.4 Å². The summed E-state index contributed by atoms with van der Waals surface area (Å²) >= 11 is 7.10. The van der Waals surface area contributed by atoms with E-state index in [1.807, 2.05) is 34.1 Å². The van der Waals surface area contributed by atoms with Crippen molar-refractivity contribution in [2.75, 3.05) is 13.1 Å². The average Bonchev–Trinajstić information content (AvgIpc) is 4.03. The van der Waals surface area contributed by atoms with E-state index in [9.17, 15) is 0 Å². The number of fused-ring (bicyclic) bond motifs is 1. The highest BCUT2D eigenvalue weighted by molar-refractivity contribution is 9.10. The number of amides is 2. The Morgan fingerprint density at radius 2 is 0.661 bits per heavy atom. The van der Waals surface area contributed by atoms with Crippen LogP contribution in [0.3, 0.4) is 0 Å². The van der Waals surface area contributed by atoms with E-state index in [-0.39, 0.29) is 11.8 Å². The fraction of sp³-hybridized carbons (Fsp3) is 0.741. The maximum Gasteiger partial charge on any atom is 0.261 e. The van der Waals surface area contributed by atoms with E-state index in [1.54, 1.807) is 0 Å². The number of hydrogen-bond acceptors (Lipinski definition) is 4. The van der Waals surface area contributed by atoms with Crippen molar-refractivity contribution in [3.05, 3.63) is 56.3 Å². The largest absolute Gasteiger partial charge is 0.448 e. The second kappa shape index (κ2) is 31.0. The zero-order valence-electron chi connectivity index (χ0n) is 39.8. The molecule has 0 aliphatic carbocycles. The van der Waals surface area contributed by atoms with Crippen LogP contribution in [0, 0.1) is 11.8 Å². The molecule has 0 fully saturated rings. The monoisotopic (exact) mass is 984 g/mol. The van der Waals surface area contributed by atoms with Gasteiger partial charge in [0.15, 0.2) is 20.9 Å². The standard InChI is InChI=1S/C54H86Br2N2O4/c1-5-9-13-17-21-23-27-31-35-43(33-29-25-19-15-11-7-3)41-57-51(45-37-39-47(55)61-45)49-50(53(57)59)52(46-38-40-48(56)62-46)58(54(49)60)42-44(34-30-26-20-16-12-8-4)36-32-28-24-22-18-14-10-6-2/h37-40,43-44H,5-36,41-42H2,1-4H3. The predicted molar refractivity (Wildman–Crippen MR) is 268 cm³/mol. The molecule has 0 spiro atoms. The van der Waals surface area contributed by atoms with Crippen molar-refractivity contribution in [3.8, 4) is 0 Å². The molecular weight excluding hydrogens is 900 g/mol. The first-order valence-corrected chi connectivity index (χ1v) is 27.6. The normalized spacial score (nSPS) is 15.3. The molecule has 62 heavy (non-hydrogen) atoms. The number of hydrogen-bond donors (Lipinski definition) is 0. The molecule has 2 unspecified atom stereocenters. The van der Waals surface area contributed by atoms with E-state index >= 15 is 9.59 Å². The summed E-state index contributed by atoms with van der Waals surface area (Å²) < 4.78 is 13.7. The van der Waals surface area contributed by atoms with Crippen LogP contribution in [-0.4, -0.2) is 34.7 Å². The maximum atomic E-state index is 15.2. The van der Waals surface area contributed by atoms with Gasteiger partial charge in [0.1, 0.15) is 11.4 Å². The second-order valence-corrected chi connectivity index (χ2v) is 20.4. The molecule has 0 N–H and O–H groups in total. The fourth-order valence-electron chi connectivity index (χ4n) is 9.87. The first-order chi connectivity index (χ1) is 30.3. The maximum absolute atomic E-state index is 15.2. The number of unbranched alkanes of at least 4 members (excludes halogenated alkanes) is 24. The number of carbonyl (C=O) groups is 2. The quantitative estimate of drug-likeness (QED) is 0.0629. The highest BCUT2D eigenvalue weighted by atomic mass is 79.9. The van der Waals surface area contributed by atoms with Crippen LogP contribution in [0.1, 0.15) is 245 Å². The van der Waals surface area contributed by atoms with Crippen LogP contribution in [0.4, 0.5) is 0 Å². The van der Waals surface area contributed by atoms with Crippen LogP contribution in [0.5, 0.6) is 0 Å². The van der Waals surface area contributed by atoms with E-state index < -0.39 is 0 Å². The van der Waals surface area contributed by atoms with Crippen molar-refractivity contribution in [3.63, 3.8) is 0 Å². The van der Waals surface area contributed by atoms with Gasteiger partial charge in [-0.05, 0) is 93.6 Å². The molecule has 2 aliphatic heterocycles. The minimum atomic E-state index is -0.0969. The van der Waals surface area contributed by atoms with Crippen LogP contribution < -0.4 is 0 Å². The Bertz CT molecular complexity index is 1500. The van der Waals surface area contributed by atoms with Gasteiger partial charge in [0, 0.05) is 13.1 Å². The zero-order chi connectivity index (χ0) is 44.4. The molecule has 0 radical (unpaired) electrons. The van der Waals surface area contributed by atoms with Crippen molar-refractivity contribution in [1.82, 2.24) is 9.80 Å². The third-order valence-electron chi connectivity index (χ3n) is 13.5. The minimum absolute atomic E-state index is 0.0969. The molecule has 0 aromatic carbocycles. The first kappa shape index (κ1) is 52.6. The lowest BCUT2D eigenvalue weighted by Gasteiger charge is -2.29. The van der Waals surface area contributed by atoms with Crippen molar-refractivity contribution in [2.24, 2.45) is 11.8 Å². The van der Waals surface area contributed by atoms with Crippen LogP contribution in [-0.2, 0) is 9.59 Å². The number of halogens is 2. The molecule has 2 aromatic heterocycles. The highest BCUT2D eigenvalue weighted by Gasteiger charge is 2.51. The predicted octanol–water partition coefficient (Wildman–Crippen LogP) is 18.0. The van der Waals surface area contributed by atoms with Crippen molar-refractivity contribution >= 4 is 55.1 Å². The summed E-state index contributed by atoms with van der Waals surface area (Å²) in [5.74, 6) is 1.64. The minimum Gasteiger partial charge on any atom is -0.448 e. The van der Waals surface area contributed by atoms with Gasteiger partial charge in [-0.3, -0.25) is 9.59 Å². The molecule has 2 aromatic rings. The van der Waals surface area contributed by atoms with Crippen LogP contribution in [0.25, 0.3) is 11.4 Å². The third-order valence-corrected chi connectivity index (χ3v) is 14.4. The van der Waals surface area contributed by atoms with Gasteiger partial charge in [0.25, 0.3) is 11.8 Å².